The first-order chi connectivity index (χ1) is 10.4. The number of aromatic nitrogens is 2. The van der Waals surface area contributed by atoms with Gasteiger partial charge >= 0.3 is 0 Å². The molecule has 0 atom stereocenters. The van der Waals surface area contributed by atoms with Crippen LogP contribution in [0.1, 0.15) is 0 Å². The fourth-order valence-corrected chi connectivity index (χ4v) is 7.00. The van der Waals surface area contributed by atoms with Gasteiger partial charge in [-0.25, -0.2) is 8.42 Å². The number of nitrogens with zero attached hydrogens (tertiary/aromatic N) is 2. The van der Waals surface area contributed by atoms with Crippen molar-refractivity contribution < 1.29 is 8.42 Å². The maximum Gasteiger partial charge on any atom is 0.273 e. The van der Waals surface area contributed by atoms with Gasteiger partial charge < -0.3 is 0 Å². The van der Waals surface area contributed by atoms with E-state index in [1.807, 2.05) is 5.38 Å². The fourth-order valence-electron chi connectivity index (χ4n) is 1.43. The maximum absolute atomic E-state index is 12.3. The minimum atomic E-state index is -3.75. The molecule has 0 aliphatic rings. The van der Waals surface area contributed by atoms with Gasteiger partial charge in [-0.05, 0) is 33.4 Å². The number of hydrogen-bond donors (Lipinski definition) is 1. The van der Waals surface area contributed by atoms with Crippen molar-refractivity contribution in [2.45, 2.75) is 4.21 Å². The topological polar surface area (TPSA) is 72.0 Å². The van der Waals surface area contributed by atoms with Crippen molar-refractivity contribution in [3.05, 3.63) is 31.3 Å². The van der Waals surface area contributed by atoms with Crippen LogP contribution in [-0.2, 0) is 10.0 Å². The molecule has 3 aromatic heterocycles. The molecule has 0 saturated heterocycles. The molecule has 0 amide bonds. The normalized spacial score (nSPS) is 11.8. The van der Waals surface area contributed by atoms with Gasteiger partial charge in [0.25, 0.3) is 10.0 Å². The lowest BCUT2D eigenvalue weighted by atomic mass is 10.5. The molecule has 1 N–H and O–H groups in total. The minimum Gasteiger partial charge on any atom is -0.252 e. The molecule has 5 nitrogen and oxygen atoms in total. The lowest BCUT2D eigenvalue weighted by molar-refractivity contribution is 0.603. The van der Waals surface area contributed by atoms with Gasteiger partial charge in [0.2, 0.25) is 5.13 Å². The molecule has 3 aromatic rings. The first kappa shape index (κ1) is 16.6. The van der Waals surface area contributed by atoms with Crippen molar-refractivity contribution in [2.75, 3.05) is 4.72 Å². The molecule has 0 saturated carbocycles. The summed E-state index contributed by atoms with van der Waals surface area (Å²) in [5.74, 6) is 0. The van der Waals surface area contributed by atoms with E-state index in [4.69, 9.17) is 23.2 Å². The van der Waals surface area contributed by atoms with E-state index in [0.29, 0.717) is 18.8 Å². The average molecular weight is 477 g/mol. The Morgan fingerprint density at radius 2 is 2.00 bits per heavy atom. The number of halogens is 3. The third kappa shape index (κ3) is 3.32. The second-order valence-corrected chi connectivity index (χ2v) is 10.5. The van der Waals surface area contributed by atoms with Crippen molar-refractivity contribution in [3.63, 3.8) is 0 Å². The monoisotopic (exact) mass is 475 g/mol. The summed E-state index contributed by atoms with van der Waals surface area (Å²) in [5.41, 5.74) is 0. The Bertz CT molecular complexity index is 914. The molecule has 12 heteroatoms. The Balaban J connectivity index is 1.87. The number of hydrogen-bond acceptors (Lipinski definition) is 7. The summed E-state index contributed by atoms with van der Waals surface area (Å²) in [6, 6.07) is 3.19. The van der Waals surface area contributed by atoms with Crippen LogP contribution >= 0.6 is 73.1 Å². The zero-order valence-electron chi connectivity index (χ0n) is 10.2. The van der Waals surface area contributed by atoms with Crippen LogP contribution in [0.4, 0.5) is 5.13 Å². The van der Waals surface area contributed by atoms with Crippen molar-refractivity contribution in [1.82, 2.24) is 10.2 Å². The first-order valence-corrected chi connectivity index (χ1v) is 11.0. The SMILES string of the molecule is O=S(=O)(Nc1nnc(-c2sccc2Cl)s1)c1cc(Br)c(Cl)s1. The highest BCUT2D eigenvalue weighted by Gasteiger charge is 2.21. The molecule has 0 unspecified atom stereocenters. The van der Waals surface area contributed by atoms with Gasteiger partial charge in [0.15, 0.2) is 5.01 Å². The summed E-state index contributed by atoms with van der Waals surface area (Å²) in [7, 11) is -3.75. The minimum absolute atomic E-state index is 0.0929. The van der Waals surface area contributed by atoms with Crippen LogP contribution < -0.4 is 4.72 Å². The summed E-state index contributed by atoms with van der Waals surface area (Å²) >= 11 is 18.5. The third-order valence-electron chi connectivity index (χ3n) is 2.35. The molecule has 22 heavy (non-hydrogen) atoms. The van der Waals surface area contributed by atoms with E-state index in [1.54, 1.807) is 6.07 Å². The molecule has 0 radical (unpaired) electrons. The zero-order valence-corrected chi connectivity index (χ0v) is 16.6. The first-order valence-electron chi connectivity index (χ1n) is 5.41. The summed E-state index contributed by atoms with van der Waals surface area (Å²) in [6.45, 7) is 0. The van der Waals surface area contributed by atoms with Crippen LogP contribution in [0.3, 0.4) is 0 Å². The van der Waals surface area contributed by atoms with Crippen LogP contribution in [-0.4, -0.2) is 18.6 Å². The smallest absolute Gasteiger partial charge is 0.252 e. The van der Waals surface area contributed by atoms with Crippen molar-refractivity contribution in [1.29, 1.82) is 0 Å². The quantitative estimate of drug-likeness (QED) is 0.561. The standard InChI is InChI=1S/C10H4BrCl2N3O2S4/c11-4-3-6(20-8(4)13)22(17,18)16-10-15-14-9(21-10)7-5(12)1-2-19-7/h1-3H,(H,15,16). The molecule has 0 fully saturated rings. The van der Waals surface area contributed by atoms with Gasteiger partial charge in [-0.1, -0.05) is 34.5 Å². The van der Waals surface area contributed by atoms with E-state index in [2.05, 4.69) is 30.8 Å². The predicted octanol–water partition coefficient (Wildman–Crippen LogP) is 5.20. The van der Waals surface area contributed by atoms with E-state index in [-0.39, 0.29) is 9.34 Å². The summed E-state index contributed by atoms with van der Waals surface area (Å²) in [5, 5.41) is 10.9. The summed E-state index contributed by atoms with van der Waals surface area (Å²) < 4.78 is 27.9. The van der Waals surface area contributed by atoms with Crippen molar-refractivity contribution in [2.24, 2.45) is 0 Å². The number of sulfonamides is 1. The molecule has 0 aromatic carbocycles. The molecular formula is C10H4BrCl2N3O2S4. The number of thiophene rings is 2. The fraction of sp³-hybridized carbons (Fsp3) is 0. The van der Waals surface area contributed by atoms with Gasteiger partial charge in [-0.15, -0.1) is 32.9 Å². The van der Waals surface area contributed by atoms with E-state index in [0.717, 1.165) is 27.6 Å². The molecule has 0 bridgehead atoms. The van der Waals surface area contributed by atoms with Crippen LogP contribution in [0.25, 0.3) is 9.88 Å². The summed E-state index contributed by atoms with van der Waals surface area (Å²) in [4.78, 5) is 0.756. The maximum atomic E-state index is 12.3. The Morgan fingerprint density at radius 1 is 1.23 bits per heavy atom. The van der Waals surface area contributed by atoms with E-state index < -0.39 is 10.0 Å². The van der Waals surface area contributed by atoms with Gasteiger partial charge in [-0.3, -0.25) is 4.72 Å². The Kier molecular flexibility index (Phi) is 4.79. The number of anilines is 1. The predicted molar refractivity (Wildman–Crippen MR) is 96.1 cm³/mol. The van der Waals surface area contributed by atoms with Crippen molar-refractivity contribution in [3.8, 4) is 9.88 Å². The number of nitrogens with one attached hydrogen (secondary N) is 1. The van der Waals surface area contributed by atoms with E-state index >= 15 is 0 Å². The molecule has 3 heterocycles. The molecular weight excluding hydrogens is 473 g/mol. The Hall–Kier alpha value is -0.230. The van der Waals surface area contributed by atoms with Crippen LogP contribution in [0.2, 0.25) is 9.36 Å². The highest BCUT2D eigenvalue weighted by Crippen LogP contribution is 2.38. The molecule has 0 aliphatic heterocycles. The largest absolute Gasteiger partial charge is 0.273 e. The lowest BCUT2D eigenvalue weighted by Gasteiger charge is -2.00. The molecule has 116 valence electrons. The molecule has 0 aliphatic carbocycles. The highest BCUT2D eigenvalue weighted by molar-refractivity contribution is 9.10. The van der Waals surface area contributed by atoms with Gasteiger partial charge in [0.1, 0.15) is 8.55 Å². The second kappa shape index (κ2) is 6.34. The van der Waals surface area contributed by atoms with Gasteiger partial charge in [0.05, 0.1) is 9.90 Å². The molecule has 0 spiro atoms. The zero-order chi connectivity index (χ0) is 15.9. The highest BCUT2D eigenvalue weighted by atomic mass is 79.9. The second-order valence-electron chi connectivity index (χ2n) is 3.80. The lowest BCUT2D eigenvalue weighted by Crippen LogP contribution is -2.11. The van der Waals surface area contributed by atoms with Crippen LogP contribution in [0.15, 0.2) is 26.2 Å². The Morgan fingerprint density at radius 3 is 2.59 bits per heavy atom. The third-order valence-corrected chi connectivity index (χ3v) is 9.10. The van der Waals surface area contributed by atoms with E-state index in [1.165, 1.54) is 17.4 Å². The van der Waals surface area contributed by atoms with Crippen LogP contribution in [0, 0.1) is 0 Å². The molecule has 3 rings (SSSR count). The summed E-state index contributed by atoms with van der Waals surface area (Å²) in [6.07, 6.45) is 0. The number of rotatable bonds is 4. The van der Waals surface area contributed by atoms with Crippen molar-refractivity contribution >= 4 is 88.3 Å². The Labute approximate surface area is 156 Å². The van der Waals surface area contributed by atoms with Crippen LogP contribution in [0.5, 0.6) is 0 Å². The average Bonchev–Trinajstić information content (AvgIpc) is 3.12. The van der Waals surface area contributed by atoms with E-state index in [9.17, 15) is 8.42 Å². The van der Waals surface area contributed by atoms with Gasteiger partial charge in [0, 0.05) is 4.47 Å². The van der Waals surface area contributed by atoms with Gasteiger partial charge in [-0.2, -0.15) is 0 Å².